The number of hydrogen-bond acceptors (Lipinski definition) is 5. The minimum atomic E-state index is -0.0775. The Labute approximate surface area is 163 Å². The molecule has 3 rings (SSSR count). The Hall–Kier alpha value is -2.80. The molecular formula is C20H23N5OS. The maximum Gasteiger partial charge on any atom is 0.234 e. The van der Waals surface area contributed by atoms with Crippen molar-refractivity contribution in [3.05, 3.63) is 53.6 Å². The highest BCUT2D eigenvalue weighted by molar-refractivity contribution is 7.99. The Balaban J connectivity index is 1.56. The zero-order valence-electron chi connectivity index (χ0n) is 15.7. The molecule has 2 aromatic carbocycles. The fourth-order valence-electron chi connectivity index (χ4n) is 2.76. The Morgan fingerprint density at radius 1 is 1.07 bits per heavy atom. The number of aromatic amines is 1. The first kappa shape index (κ1) is 19.0. The van der Waals surface area contributed by atoms with Gasteiger partial charge in [0.05, 0.1) is 5.75 Å². The molecule has 0 bridgehead atoms. The summed E-state index contributed by atoms with van der Waals surface area (Å²) in [5.41, 5.74) is 5.08. The van der Waals surface area contributed by atoms with Gasteiger partial charge in [-0.25, -0.2) is 4.98 Å². The highest BCUT2D eigenvalue weighted by Gasteiger charge is 2.10. The molecule has 27 heavy (non-hydrogen) atoms. The number of nitrogens with one attached hydrogen (secondary N) is 3. The second-order valence-corrected chi connectivity index (χ2v) is 7.23. The van der Waals surface area contributed by atoms with Crippen LogP contribution < -0.4 is 10.6 Å². The number of rotatable bonds is 7. The van der Waals surface area contributed by atoms with E-state index in [1.165, 1.54) is 11.8 Å². The number of amides is 1. The first-order valence-electron chi connectivity index (χ1n) is 8.81. The Morgan fingerprint density at radius 2 is 1.78 bits per heavy atom. The number of H-pyrrole nitrogens is 1. The van der Waals surface area contributed by atoms with E-state index in [2.05, 4.69) is 38.8 Å². The zero-order chi connectivity index (χ0) is 19.2. The van der Waals surface area contributed by atoms with Gasteiger partial charge in [-0.2, -0.15) is 0 Å². The second kappa shape index (κ2) is 8.73. The van der Waals surface area contributed by atoms with Gasteiger partial charge in [0.25, 0.3) is 0 Å². The van der Waals surface area contributed by atoms with Crippen LogP contribution in [-0.4, -0.2) is 33.4 Å². The van der Waals surface area contributed by atoms with E-state index in [1.54, 1.807) is 0 Å². The Kier molecular flexibility index (Phi) is 6.13. The van der Waals surface area contributed by atoms with Crippen LogP contribution in [0.1, 0.15) is 18.1 Å². The smallest absolute Gasteiger partial charge is 0.234 e. The van der Waals surface area contributed by atoms with E-state index in [1.807, 2.05) is 50.2 Å². The van der Waals surface area contributed by atoms with Crippen LogP contribution >= 0.6 is 11.8 Å². The van der Waals surface area contributed by atoms with Gasteiger partial charge in [0, 0.05) is 23.5 Å². The maximum absolute atomic E-state index is 12.2. The van der Waals surface area contributed by atoms with E-state index in [-0.39, 0.29) is 11.7 Å². The van der Waals surface area contributed by atoms with Crippen molar-refractivity contribution in [2.75, 3.05) is 22.9 Å². The molecule has 0 spiro atoms. The minimum absolute atomic E-state index is 0.0775. The van der Waals surface area contributed by atoms with Crippen LogP contribution in [0.3, 0.4) is 0 Å². The van der Waals surface area contributed by atoms with Crippen LogP contribution in [0.5, 0.6) is 0 Å². The molecule has 1 heterocycles. The topological polar surface area (TPSA) is 82.7 Å². The van der Waals surface area contributed by atoms with Crippen LogP contribution in [0.25, 0.3) is 11.4 Å². The lowest BCUT2D eigenvalue weighted by molar-refractivity contribution is -0.113. The normalized spacial score (nSPS) is 10.6. The van der Waals surface area contributed by atoms with Crippen LogP contribution in [0, 0.1) is 13.8 Å². The maximum atomic E-state index is 12.2. The fourth-order valence-corrected chi connectivity index (χ4v) is 3.36. The average molecular weight is 382 g/mol. The van der Waals surface area contributed by atoms with E-state index >= 15 is 0 Å². The fraction of sp³-hybridized carbons (Fsp3) is 0.250. The van der Waals surface area contributed by atoms with Gasteiger partial charge in [0.2, 0.25) is 11.1 Å². The van der Waals surface area contributed by atoms with Gasteiger partial charge >= 0.3 is 0 Å². The van der Waals surface area contributed by atoms with Crippen LogP contribution in [-0.2, 0) is 4.79 Å². The first-order valence-corrected chi connectivity index (χ1v) is 9.79. The highest BCUT2D eigenvalue weighted by Crippen LogP contribution is 2.21. The summed E-state index contributed by atoms with van der Waals surface area (Å²) in [4.78, 5) is 16.6. The summed E-state index contributed by atoms with van der Waals surface area (Å²) in [5.74, 6) is 0.866. The average Bonchev–Trinajstić information content (AvgIpc) is 3.09. The standard InChI is InChI=1S/C20H23N5OS/c1-4-21-16-7-5-15(6-8-16)19-23-20(25-24-19)27-12-18(26)22-17-10-13(2)9-14(3)11-17/h5-11,21H,4,12H2,1-3H3,(H,22,26)(H,23,24,25). The number of benzene rings is 2. The molecule has 0 aliphatic heterocycles. The predicted molar refractivity (Wildman–Crippen MR) is 111 cm³/mol. The van der Waals surface area contributed by atoms with Gasteiger partial charge in [-0.3, -0.25) is 9.89 Å². The molecule has 140 valence electrons. The molecule has 3 N–H and O–H groups in total. The number of thioether (sulfide) groups is 1. The third kappa shape index (κ3) is 5.34. The molecule has 1 aromatic heterocycles. The summed E-state index contributed by atoms with van der Waals surface area (Å²) < 4.78 is 0. The molecule has 1 amide bonds. The number of carbonyl (C=O) groups excluding carboxylic acids is 1. The summed E-state index contributed by atoms with van der Waals surface area (Å²) >= 11 is 1.31. The van der Waals surface area contributed by atoms with E-state index in [9.17, 15) is 4.79 Å². The van der Waals surface area contributed by atoms with Gasteiger partial charge in [-0.15, -0.1) is 5.10 Å². The van der Waals surface area contributed by atoms with Crippen molar-refractivity contribution in [3.8, 4) is 11.4 Å². The second-order valence-electron chi connectivity index (χ2n) is 6.29. The third-order valence-electron chi connectivity index (χ3n) is 3.84. The lowest BCUT2D eigenvalue weighted by Gasteiger charge is -2.06. The molecule has 3 aromatic rings. The number of anilines is 2. The number of carbonyl (C=O) groups is 1. The lowest BCUT2D eigenvalue weighted by atomic mass is 10.1. The zero-order valence-corrected chi connectivity index (χ0v) is 16.5. The van der Waals surface area contributed by atoms with E-state index in [4.69, 9.17) is 0 Å². The molecule has 0 atom stereocenters. The largest absolute Gasteiger partial charge is 0.385 e. The number of aromatic nitrogens is 3. The molecule has 7 heteroatoms. The Bertz CT molecular complexity index is 900. The summed E-state index contributed by atoms with van der Waals surface area (Å²) in [6.07, 6.45) is 0. The summed E-state index contributed by atoms with van der Waals surface area (Å²) in [6, 6.07) is 14.0. The summed E-state index contributed by atoms with van der Waals surface area (Å²) in [5, 5.41) is 13.8. The minimum Gasteiger partial charge on any atom is -0.385 e. The van der Waals surface area contributed by atoms with Crippen molar-refractivity contribution in [3.63, 3.8) is 0 Å². The number of nitrogens with zero attached hydrogens (tertiary/aromatic N) is 2. The van der Waals surface area contributed by atoms with Crippen LogP contribution in [0.4, 0.5) is 11.4 Å². The van der Waals surface area contributed by atoms with E-state index in [0.29, 0.717) is 11.0 Å². The van der Waals surface area contributed by atoms with Crippen LogP contribution in [0.2, 0.25) is 0 Å². The molecule has 0 saturated heterocycles. The highest BCUT2D eigenvalue weighted by atomic mass is 32.2. The van der Waals surface area contributed by atoms with Gasteiger partial charge in [-0.1, -0.05) is 17.8 Å². The summed E-state index contributed by atoms with van der Waals surface area (Å²) in [6.45, 7) is 6.96. The first-order chi connectivity index (χ1) is 13.0. The SMILES string of the molecule is CCNc1ccc(-c2nc(SCC(=O)Nc3cc(C)cc(C)c3)n[nH]2)cc1. The van der Waals surface area contributed by atoms with Crippen molar-refractivity contribution in [2.24, 2.45) is 0 Å². The molecule has 0 aliphatic carbocycles. The van der Waals surface area contributed by atoms with Crippen molar-refractivity contribution in [1.29, 1.82) is 0 Å². The lowest BCUT2D eigenvalue weighted by Crippen LogP contribution is -2.14. The molecule has 0 radical (unpaired) electrons. The molecular weight excluding hydrogens is 358 g/mol. The van der Waals surface area contributed by atoms with Gasteiger partial charge in [-0.05, 0) is 68.3 Å². The number of hydrogen-bond donors (Lipinski definition) is 3. The van der Waals surface area contributed by atoms with Gasteiger partial charge < -0.3 is 10.6 Å². The molecule has 0 saturated carbocycles. The van der Waals surface area contributed by atoms with Gasteiger partial charge in [0.15, 0.2) is 5.82 Å². The Morgan fingerprint density at radius 3 is 2.44 bits per heavy atom. The van der Waals surface area contributed by atoms with Gasteiger partial charge in [0.1, 0.15) is 0 Å². The molecule has 0 fully saturated rings. The third-order valence-corrected chi connectivity index (χ3v) is 4.69. The van der Waals surface area contributed by atoms with E-state index in [0.717, 1.165) is 34.6 Å². The monoisotopic (exact) mass is 381 g/mol. The molecule has 0 aliphatic rings. The van der Waals surface area contributed by atoms with Crippen LogP contribution in [0.15, 0.2) is 47.6 Å². The van der Waals surface area contributed by atoms with E-state index < -0.39 is 0 Å². The molecule has 6 nitrogen and oxygen atoms in total. The molecule has 0 unspecified atom stereocenters. The predicted octanol–water partition coefficient (Wildman–Crippen LogP) is 4.25. The van der Waals surface area contributed by atoms with Crippen molar-refractivity contribution in [1.82, 2.24) is 15.2 Å². The summed E-state index contributed by atoms with van der Waals surface area (Å²) in [7, 11) is 0. The van der Waals surface area contributed by atoms with Crippen molar-refractivity contribution < 1.29 is 4.79 Å². The van der Waals surface area contributed by atoms with Crippen molar-refractivity contribution in [2.45, 2.75) is 25.9 Å². The quantitative estimate of drug-likeness (QED) is 0.533. The van der Waals surface area contributed by atoms with Crippen molar-refractivity contribution >= 4 is 29.0 Å². The number of aryl methyl sites for hydroxylation is 2.